The average Bonchev–Trinajstić information content (AvgIpc) is 2.74. The normalized spacial score (nSPS) is 11.2. The first-order valence-electron chi connectivity index (χ1n) is 10.1. The molecule has 0 atom stereocenters. The standard InChI is InChI=1S/C19H25N3O4S.C2HF3O2/c1-4-6-11-22(5-2)18-17(19(23)24)12-15(13-20-18)21-27(25,26)16-9-7-14(3)8-10-16;3-2(4,5)1(6)7/h7-10,12-13,21H,4-6,11H2,1-3H3,(H,23,24);(H,6,7). The third kappa shape index (κ3) is 8.54. The Balaban J connectivity index is 0.000000718. The summed E-state index contributed by atoms with van der Waals surface area (Å²) in [5.74, 6) is -3.56. The second kappa shape index (κ2) is 12.2. The Bertz CT molecular complexity index is 1090. The summed E-state index contributed by atoms with van der Waals surface area (Å²) in [7, 11) is -3.82. The number of nitrogens with zero attached hydrogens (tertiary/aromatic N) is 2. The molecule has 1 aromatic heterocycles. The Labute approximate surface area is 195 Å². The van der Waals surface area contributed by atoms with Gasteiger partial charge >= 0.3 is 18.1 Å². The molecule has 0 aliphatic carbocycles. The van der Waals surface area contributed by atoms with E-state index >= 15 is 0 Å². The number of hydrogen-bond donors (Lipinski definition) is 3. The van der Waals surface area contributed by atoms with Crippen LogP contribution in [0.5, 0.6) is 0 Å². The first kappa shape index (κ1) is 28.7. The van der Waals surface area contributed by atoms with Gasteiger partial charge in [-0.05, 0) is 38.5 Å². The average molecular weight is 506 g/mol. The van der Waals surface area contributed by atoms with Crippen molar-refractivity contribution in [2.24, 2.45) is 0 Å². The number of benzene rings is 1. The van der Waals surface area contributed by atoms with E-state index in [1.165, 1.54) is 24.4 Å². The fraction of sp³-hybridized carbons (Fsp3) is 0.381. The molecule has 0 bridgehead atoms. The third-order valence-electron chi connectivity index (χ3n) is 4.39. The van der Waals surface area contributed by atoms with Crippen molar-refractivity contribution in [2.45, 2.75) is 44.7 Å². The molecular formula is C21H26F3N3O6S. The van der Waals surface area contributed by atoms with Crippen LogP contribution in [-0.4, -0.2) is 54.8 Å². The molecule has 0 amide bonds. The Kier molecular flexibility index (Phi) is 10.3. The van der Waals surface area contributed by atoms with E-state index in [0.717, 1.165) is 18.4 Å². The van der Waals surface area contributed by atoms with Crippen LogP contribution in [-0.2, 0) is 14.8 Å². The Morgan fingerprint density at radius 2 is 1.68 bits per heavy atom. The Morgan fingerprint density at radius 3 is 2.12 bits per heavy atom. The highest BCUT2D eigenvalue weighted by Crippen LogP contribution is 2.24. The number of aryl methyl sites for hydroxylation is 1. The van der Waals surface area contributed by atoms with Gasteiger partial charge in [0.1, 0.15) is 11.4 Å². The van der Waals surface area contributed by atoms with Crippen LogP contribution in [0.3, 0.4) is 0 Å². The number of hydrogen-bond acceptors (Lipinski definition) is 6. The van der Waals surface area contributed by atoms with Crippen LogP contribution >= 0.6 is 0 Å². The van der Waals surface area contributed by atoms with Gasteiger partial charge in [0.05, 0.1) is 16.8 Å². The summed E-state index contributed by atoms with van der Waals surface area (Å²) in [6, 6.07) is 7.71. The molecule has 2 aromatic rings. The van der Waals surface area contributed by atoms with Gasteiger partial charge < -0.3 is 15.1 Å². The summed E-state index contributed by atoms with van der Waals surface area (Å²) in [5, 5.41) is 16.7. The summed E-state index contributed by atoms with van der Waals surface area (Å²) in [6.07, 6.45) is -1.84. The van der Waals surface area contributed by atoms with Crippen LogP contribution in [0.1, 0.15) is 42.6 Å². The molecule has 0 aliphatic heterocycles. The van der Waals surface area contributed by atoms with Gasteiger partial charge in [0.2, 0.25) is 0 Å². The molecule has 0 spiro atoms. The van der Waals surface area contributed by atoms with E-state index in [1.54, 1.807) is 12.1 Å². The molecule has 3 N–H and O–H groups in total. The monoisotopic (exact) mass is 505 g/mol. The lowest BCUT2D eigenvalue weighted by molar-refractivity contribution is -0.192. The van der Waals surface area contributed by atoms with Gasteiger partial charge in [-0.25, -0.2) is 23.0 Å². The van der Waals surface area contributed by atoms with Crippen molar-refractivity contribution >= 4 is 33.5 Å². The zero-order chi connectivity index (χ0) is 26.1. The maximum Gasteiger partial charge on any atom is 0.490 e. The molecule has 1 heterocycles. The highest BCUT2D eigenvalue weighted by atomic mass is 32.2. The fourth-order valence-corrected chi connectivity index (χ4v) is 3.65. The van der Waals surface area contributed by atoms with E-state index in [-0.39, 0.29) is 16.1 Å². The van der Waals surface area contributed by atoms with Gasteiger partial charge in [0.15, 0.2) is 0 Å². The van der Waals surface area contributed by atoms with Gasteiger partial charge in [0, 0.05) is 13.1 Å². The van der Waals surface area contributed by atoms with Crippen molar-refractivity contribution in [1.29, 1.82) is 0 Å². The van der Waals surface area contributed by atoms with Crippen LogP contribution in [0.25, 0.3) is 0 Å². The molecule has 188 valence electrons. The van der Waals surface area contributed by atoms with E-state index < -0.39 is 28.1 Å². The molecule has 1 aromatic carbocycles. The topological polar surface area (TPSA) is 137 Å². The first-order valence-corrected chi connectivity index (χ1v) is 11.6. The molecule has 13 heteroatoms. The molecule has 34 heavy (non-hydrogen) atoms. The molecule has 2 rings (SSSR count). The number of anilines is 2. The number of alkyl halides is 3. The van der Waals surface area contributed by atoms with Gasteiger partial charge in [-0.15, -0.1) is 0 Å². The SMILES string of the molecule is CCCCN(CC)c1ncc(NS(=O)(=O)c2ccc(C)cc2)cc1C(=O)O.O=C(O)C(F)(F)F. The number of aromatic nitrogens is 1. The van der Waals surface area contributed by atoms with Crippen molar-refractivity contribution in [1.82, 2.24) is 4.98 Å². The predicted octanol–water partition coefficient (Wildman–Crippen LogP) is 4.15. The number of aliphatic carboxylic acids is 1. The van der Waals surface area contributed by atoms with Crippen LogP contribution in [0.15, 0.2) is 41.4 Å². The molecule has 0 unspecified atom stereocenters. The third-order valence-corrected chi connectivity index (χ3v) is 5.78. The molecule has 0 fully saturated rings. The maximum absolute atomic E-state index is 12.5. The zero-order valence-corrected chi connectivity index (χ0v) is 19.6. The quantitative estimate of drug-likeness (QED) is 0.462. The lowest BCUT2D eigenvalue weighted by atomic mass is 10.2. The van der Waals surface area contributed by atoms with E-state index in [2.05, 4.69) is 16.6 Å². The molecule has 0 aliphatic rings. The highest BCUT2D eigenvalue weighted by Gasteiger charge is 2.38. The summed E-state index contributed by atoms with van der Waals surface area (Å²) < 4.78 is 59.2. The number of nitrogens with one attached hydrogen (secondary N) is 1. The summed E-state index contributed by atoms with van der Waals surface area (Å²) in [4.78, 5) is 26.8. The zero-order valence-electron chi connectivity index (χ0n) is 18.8. The second-order valence-corrected chi connectivity index (χ2v) is 8.74. The Hall–Kier alpha value is -3.35. The largest absolute Gasteiger partial charge is 0.490 e. The first-order chi connectivity index (χ1) is 15.7. The molecule has 0 radical (unpaired) electrons. The number of pyridine rings is 1. The number of halogens is 3. The minimum Gasteiger partial charge on any atom is -0.478 e. The lowest BCUT2D eigenvalue weighted by Crippen LogP contribution is -2.27. The number of rotatable bonds is 9. The summed E-state index contributed by atoms with van der Waals surface area (Å²) >= 11 is 0. The number of carboxylic acids is 2. The second-order valence-electron chi connectivity index (χ2n) is 7.05. The minimum atomic E-state index is -5.08. The highest BCUT2D eigenvalue weighted by molar-refractivity contribution is 7.92. The van der Waals surface area contributed by atoms with Gasteiger partial charge in [-0.1, -0.05) is 31.0 Å². The maximum atomic E-state index is 12.5. The van der Waals surface area contributed by atoms with Crippen LogP contribution in [0.2, 0.25) is 0 Å². The molecule has 0 saturated carbocycles. The summed E-state index contributed by atoms with van der Waals surface area (Å²) in [6.45, 7) is 7.15. The molecule has 9 nitrogen and oxygen atoms in total. The number of sulfonamides is 1. The number of aromatic carboxylic acids is 1. The van der Waals surface area contributed by atoms with E-state index in [1.807, 2.05) is 18.7 Å². The fourth-order valence-electron chi connectivity index (χ4n) is 2.62. The van der Waals surface area contributed by atoms with Gasteiger partial charge in [-0.2, -0.15) is 13.2 Å². The number of carboxylic acid groups (broad SMARTS) is 2. The van der Waals surface area contributed by atoms with Gasteiger partial charge in [-0.3, -0.25) is 4.72 Å². The smallest absolute Gasteiger partial charge is 0.478 e. The van der Waals surface area contributed by atoms with Crippen molar-refractivity contribution in [2.75, 3.05) is 22.7 Å². The number of unbranched alkanes of at least 4 members (excludes halogenated alkanes) is 1. The van der Waals surface area contributed by atoms with Crippen LogP contribution in [0.4, 0.5) is 24.7 Å². The Morgan fingerprint density at radius 1 is 1.12 bits per heavy atom. The van der Waals surface area contributed by atoms with Crippen molar-refractivity contribution in [3.63, 3.8) is 0 Å². The van der Waals surface area contributed by atoms with Crippen molar-refractivity contribution < 1.29 is 41.4 Å². The summed E-state index contributed by atoms with van der Waals surface area (Å²) in [5.41, 5.74) is 1.03. The van der Waals surface area contributed by atoms with E-state index in [9.17, 15) is 31.5 Å². The van der Waals surface area contributed by atoms with E-state index in [0.29, 0.717) is 18.9 Å². The number of carbonyl (C=O) groups is 2. The van der Waals surface area contributed by atoms with Crippen LogP contribution in [0, 0.1) is 6.92 Å². The molecular weight excluding hydrogens is 479 g/mol. The van der Waals surface area contributed by atoms with Crippen LogP contribution < -0.4 is 9.62 Å². The van der Waals surface area contributed by atoms with Crippen molar-refractivity contribution in [3.05, 3.63) is 47.7 Å². The lowest BCUT2D eigenvalue weighted by Gasteiger charge is -2.23. The minimum absolute atomic E-state index is 0.0305. The van der Waals surface area contributed by atoms with Crippen molar-refractivity contribution in [3.8, 4) is 0 Å². The molecule has 0 saturated heterocycles. The van der Waals surface area contributed by atoms with E-state index in [4.69, 9.17) is 9.90 Å². The van der Waals surface area contributed by atoms with Gasteiger partial charge in [0.25, 0.3) is 10.0 Å². The predicted molar refractivity (Wildman–Crippen MR) is 120 cm³/mol.